The number of pyridine rings is 1. The van der Waals surface area contributed by atoms with Gasteiger partial charge in [0.05, 0.1) is 5.69 Å². The molecule has 0 aliphatic rings. The van der Waals surface area contributed by atoms with E-state index in [1.165, 1.54) is 0 Å². The van der Waals surface area contributed by atoms with Crippen molar-refractivity contribution in [3.63, 3.8) is 0 Å². The molecule has 0 saturated heterocycles. The number of aromatic nitrogens is 1. The van der Waals surface area contributed by atoms with Crippen molar-refractivity contribution >= 4 is 11.6 Å². The lowest BCUT2D eigenvalue weighted by atomic mass is 10.2. The van der Waals surface area contributed by atoms with Crippen LogP contribution in [0.15, 0.2) is 42.6 Å². The van der Waals surface area contributed by atoms with Crippen LogP contribution in [0.5, 0.6) is 5.75 Å². The molecule has 4 heteroatoms. The number of rotatable bonds is 4. The van der Waals surface area contributed by atoms with Crippen LogP contribution in [0.4, 0.5) is 0 Å². The van der Waals surface area contributed by atoms with Crippen molar-refractivity contribution in [2.24, 2.45) is 5.73 Å². The zero-order valence-corrected chi connectivity index (χ0v) is 10.0. The number of halogens is 1. The van der Waals surface area contributed by atoms with Gasteiger partial charge in [-0.15, -0.1) is 0 Å². The van der Waals surface area contributed by atoms with E-state index in [0.29, 0.717) is 23.9 Å². The fourth-order valence-electron chi connectivity index (χ4n) is 1.51. The van der Waals surface area contributed by atoms with E-state index < -0.39 is 0 Å². The minimum absolute atomic E-state index is 0.358. The number of ether oxygens (including phenoxy) is 1. The zero-order chi connectivity index (χ0) is 12.1. The van der Waals surface area contributed by atoms with Crippen LogP contribution in [-0.4, -0.2) is 4.98 Å². The van der Waals surface area contributed by atoms with Gasteiger partial charge in [0, 0.05) is 23.3 Å². The number of nitrogens with two attached hydrogens (primary N) is 1. The third kappa shape index (κ3) is 2.96. The van der Waals surface area contributed by atoms with Gasteiger partial charge in [-0.3, -0.25) is 4.98 Å². The van der Waals surface area contributed by atoms with E-state index in [1.54, 1.807) is 12.3 Å². The Hall–Kier alpha value is -1.58. The Balaban J connectivity index is 2.12. The Morgan fingerprint density at radius 3 is 2.76 bits per heavy atom. The Labute approximate surface area is 105 Å². The molecular weight excluding hydrogens is 236 g/mol. The molecule has 88 valence electrons. The molecule has 1 aromatic carbocycles. The van der Waals surface area contributed by atoms with Gasteiger partial charge in [0.15, 0.2) is 0 Å². The van der Waals surface area contributed by atoms with E-state index in [0.717, 1.165) is 11.3 Å². The maximum atomic E-state index is 6.04. The lowest BCUT2D eigenvalue weighted by molar-refractivity contribution is 0.298. The minimum Gasteiger partial charge on any atom is -0.487 e. The quantitative estimate of drug-likeness (QED) is 0.905. The molecule has 0 fully saturated rings. The van der Waals surface area contributed by atoms with Crippen LogP contribution in [0.25, 0.3) is 0 Å². The molecule has 3 nitrogen and oxygen atoms in total. The van der Waals surface area contributed by atoms with Crippen LogP contribution in [0.2, 0.25) is 5.02 Å². The van der Waals surface area contributed by atoms with E-state index >= 15 is 0 Å². The van der Waals surface area contributed by atoms with Gasteiger partial charge in [-0.2, -0.15) is 0 Å². The summed E-state index contributed by atoms with van der Waals surface area (Å²) in [6.45, 7) is 0.769. The van der Waals surface area contributed by atoms with Crippen LogP contribution < -0.4 is 10.5 Å². The Morgan fingerprint density at radius 1 is 1.18 bits per heavy atom. The molecule has 0 unspecified atom stereocenters. The van der Waals surface area contributed by atoms with Crippen LogP contribution in [-0.2, 0) is 13.2 Å². The number of benzene rings is 1. The molecule has 0 atom stereocenters. The average Bonchev–Trinajstić information content (AvgIpc) is 2.37. The highest BCUT2D eigenvalue weighted by Crippen LogP contribution is 2.26. The first kappa shape index (κ1) is 11.9. The predicted molar refractivity (Wildman–Crippen MR) is 67.9 cm³/mol. The summed E-state index contributed by atoms with van der Waals surface area (Å²) >= 11 is 6.04. The molecule has 0 saturated carbocycles. The Kier molecular flexibility index (Phi) is 3.96. The molecule has 1 aromatic heterocycles. The molecule has 17 heavy (non-hydrogen) atoms. The highest BCUT2D eigenvalue weighted by atomic mass is 35.5. The summed E-state index contributed by atoms with van der Waals surface area (Å²) in [5.41, 5.74) is 7.34. The lowest BCUT2D eigenvalue weighted by Gasteiger charge is -2.11. The summed E-state index contributed by atoms with van der Waals surface area (Å²) in [6.07, 6.45) is 1.74. The SMILES string of the molecule is NCc1c(Cl)cccc1OCc1ccccn1. The highest BCUT2D eigenvalue weighted by Gasteiger charge is 2.06. The third-order valence-corrected chi connectivity index (χ3v) is 2.74. The first-order valence-corrected chi connectivity index (χ1v) is 5.69. The van der Waals surface area contributed by atoms with Crippen molar-refractivity contribution in [1.82, 2.24) is 4.98 Å². The Bertz CT molecular complexity index is 488. The van der Waals surface area contributed by atoms with Crippen LogP contribution >= 0.6 is 11.6 Å². The fourth-order valence-corrected chi connectivity index (χ4v) is 1.75. The molecule has 0 amide bonds. The molecule has 0 bridgehead atoms. The second-order valence-electron chi connectivity index (χ2n) is 3.53. The minimum atomic E-state index is 0.358. The Morgan fingerprint density at radius 2 is 2.06 bits per heavy atom. The van der Waals surface area contributed by atoms with Gasteiger partial charge in [-0.05, 0) is 24.3 Å². The lowest BCUT2D eigenvalue weighted by Crippen LogP contribution is -2.04. The molecular formula is C13H13ClN2O. The van der Waals surface area contributed by atoms with Gasteiger partial charge in [-0.25, -0.2) is 0 Å². The normalized spacial score (nSPS) is 10.2. The monoisotopic (exact) mass is 248 g/mol. The molecule has 0 radical (unpaired) electrons. The average molecular weight is 249 g/mol. The second-order valence-corrected chi connectivity index (χ2v) is 3.94. The van der Waals surface area contributed by atoms with Gasteiger partial charge >= 0.3 is 0 Å². The van der Waals surface area contributed by atoms with Crippen molar-refractivity contribution in [3.05, 3.63) is 58.9 Å². The summed E-state index contributed by atoms with van der Waals surface area (Å²) in [4.78, 5) is 4.18. The van der Waals surface area contributed by atoms with Crippen molar-refractivity contribution < 1.29 is 4.74 Å². The van der Waals surface area contributed by atoms with E-state index in [2.05, 4.69) is 4.98 Å². The van der Waals surface area contributed by atoms with Gasteiger partial charge in [0.2, 0.25) is 0 Å². The summed E-state index contributed by atoms with van der Waals surface area (Å²) in [6, 6.07) is 11.2. The van der Waals surface area contributed by atoms with Gasteiger partial charge in [0.25, 0.3) is 0 Å². The number of nitrogens with zero attached hydrogens (tertiary/aromatic N) is 1. The van der Waals surface area contributed by atoms with E-state index in [-0.39, 0.29) is 0 Å². The zero-order valence-electron chi connectivity index (χ0n) is 9.27. The molecule has 2 aromatic rings. The molecule has 2 rings (SSSR count). The topological polar surface area (TPSA) is 48.1 Å². The van der Waals surface area contributed by atoms with Crippen molar-refractivity contribution in [1.29, 1.82) is 0 Å². The molecule has 0 spiro atoms. The van der Waals surface area contributed by atoms with Crippen LogP contribution in [0.1, 0.15) is 11.3 Å². The van der Waals surface area contributed by atoms with Gasteiger partial charge in [-0.1, -0.05) is 23.7 Å². The maximum Gasteiger partial charge on any atom is 0.130 e. The second kappa shape index (κ2) is 5.66. The maximum absolute atomic E-state index is 6.04. The largest absolute Gasteiger partial charge is 0.487 e. The summed E-state index contributed by atoms with van der Waals surface area (Å²) in [7, 11) is 0. The van der Waals surface area contributed by atoms with E-state index in [1.807, 2.05) is 30.3 Å². The number of hydrogen-bond donors (Lipinski definition) is 1. The van der Waals surface area contributed by atoms with Crippen molar-refractivity contribution in [3.8, 4) is 5.75 Å². The van der Waals surface area contributed by atoms with Crippen LogP contribution in [0.3, 0.4) is 0 Å². The van der Waals surface area contributed by atoms with Gasteiger partial charge < -0.3 is 10.5 Å². The molecule has 1 heterocycles. The van der Waals surface area contributed by atoms with E-state index in [4.69, 9.17) is 22.1 Å². The van der Waals surface area contributed by atoms with Crippen LogP contribution in [0, 0.1) is 0 Å². The third-order valence-electron chi connectivity index (χ3n) is 2.38. The smallest absolute Gasteiger partial charge is 0.130 e. The predicted octanol–water partition coefficient (Wildman–Crippen LogP) is 2.77. The highest BCUT2D eigenvalue weighted by molar-refractivity contribution is 6.31. The van der Waals surface area contributed by atoms with Crippen molar-refractivity contribution in [2.45, 2.75) is 13.2 Å². The molecule has 0 aliphatic carbocycles. The standard InChI is InChI=1S/C13H13ClN2O/c14-12-5-3-6-13(11(12)8-15)17-9-10-4-1-2-7-16-10/h1-7H,8-9,15H2. The molecule has 0 aliphatic heterocycles. The summed E-state index contributed by atoms with van der Waals surface area (Å²) in [5.74, 6) is 0.714. The summed E-state index contributed by atoms with van der Waals surface area (Å²) < 4.78 is 5.67. The summed E-state index contributed by atoms with van der Waals surface area (Å²) in [5, 5.41) is 0.631. The van der Waals surface area contributed by atoms with Crippen molar-refractivity contribution in [2.75, 3.05) is 0 Å². The van der Waals surface area contributed by atoms with E-state index in [9.17, 15) is 0 Å². The number of hydrogen-bond acceptors (Lipinski definition) is 3. The molecule has 2 N–H and O–H groups in total. The first-order valence-electron chi connectivity index (χ1n) is 5.31. The first-order chi connectivity index (χ1) is 8.31. The van der Waals surface area contributed by atoms with Gasteiger partial charge in [0.1, 0.15) is 12.4 Å². The fraction of sp³-hybridized carbons (Fsp3) is 0.154.